The molecule has 138 valence electrons. The van der Waals surface area contributed by atoms with Crippen LogP contribution in [0.5, 0.6) is 0 Å². The molecule has 2 atom stereocenters. The van der Waals surface area contributed by atoms with Gasteiger partial charge in [0.1, 0.15) is 6.04 Å². The summed E-state index contributed by atoms with van der Waals surface area (Å²) in [5.74, 6) is -0.979. The maximum Gasteiger partial charge on any atom is 0.254 e. The van der Waals surface area contributed by atoms with Gasteiger partial charge in [0.2, 0.25) is 5.91 Å². The second kappa shape index (κ2) is 8.47. The molecule has 0 heterocycles. The second-order valence-corrected chi connectivity index (χ2v) is 6.38. The fourth-order valence-electron chi connectivity index (χ4n) is 3.09. The van der Waals surface area contributed by atoms with E-state index in [2.05, 4.69) is 5.32 Å². The molecule has 0 aliphatic heterocycles. The molecular formula is C22H22N2O3. The van der Waals surface area contributed by atoms with E-state index in [0.717, 1.165) is 16.3 Å². The van der Waals surface area contributed by atoms with Crippen molar-refractivity contribution in [2.24, 2.45) is 5.73 Å². The average molecular weight is 362 g/mol. The fraction of sp³-hybridized carbons (Fsp3) is 0.182. The number of amides is 2. The van der Waals surface area contributed by atoms with E-state index in [1.54, 1.807) is 12.1 Å². The smallest absolute Gasteiger partial charge is 0.254 e. The van der Waals surface area contributed by atoms with Gasteiger partial charge in [-0.2, -0.15) is 0 Å². The van der Waals surface area contributed by atoms with Gasteiger partial charge in [0.15, 0.2) is 6.10 Å². The average Bonchev–Trinajstić information content (AvgIpc) is 2.68. The lowest BCUT2D eigenvalue weighted by Gasteiger charge is -2.20. The lowest BCUT2D eigenvalue weighted by Crippen LogP contribution is -2.47. The standard InChI is InChI=1S/C22H22N2O3/c1-27-20(17-8-3-2-4-9-17)22(26)24-19(21(23)25)14-15-11-12-16-7-5-6-10-18(16)13-15/h2-13,19-20H,14H2,1H3,(H2,23,25)(H,24,26)/t19-,20-/m1/s1. The van der Waals surface area contributed by atoms with E-state index in [0.29, 0.717) is 12.0 Å². The number of primary amides is 1. The van der Waals surface area contributed by atoms with Crippen molar-refractivity contribution >= 4 is 22.6 Å². The molecule has 3 N–H and O–H groups in total. The highest BCUT2D eigenvalue weighted by molar-refractivity contribution is 5.89. The molecule has 3 aromatic rings. The molecule has 0 aliphatic rings. The van der Waals surface area contributed by atoms with E-state index in [-0.39, 0.29) is 0 Å². The zero-order valence-electron chi connectivity index (χ0n) is 15.1. The van der Waals surface area contributed by atoms with Gasteiger partial charge in [0.25, 0.3) is 5.91 Å². The molecule has 0 aromatic heterocycles. The van der Waals surface area contributed by atoms with Crippen LogP contribution in [-0.2, 0) is 20.7 Å². The van der Waals surface area contributed by atoms with Crippen LogP contribution in [0.1, 0.15) is 17.2 Å². The number of carbonyl (C=O) groups excluding carboxylic acids is 2. The number of nitrogens with two attached hydrogens (primary N) is 1. The van der Waals surface area contributed by atoms with Gasteiger partial charge in [-0.05, 0) is 21.9 Å². The Balaban J connectivity index is 1.76. The van der Waals surface area contributed by atoms with Gasteiger partial charge < -0.3 is 15.8 Å². The molecule has 2 amide bonds. The van der Waals surface area contributed by atoms with Gasteiger partial charge >= 0.3 is 0 Å². The minimum absolute atomic E-state index is 0.317. The molecule has 0 bridgehead atoms. The Bertz CT molecular complexity index is 940. The highest BCUT2D eigenvalue weighted by Gasteiger charge is 2.25. The van der Waals surface area contributed by atoms with Crippen LogP contribution >= 0.6 is 0 Å². The fourth-order valence-corrected chi connectivity index (χ4v) is 3.09. The number of methoxy groups -OCH3 is 1. The SMILES string of the molecule is CO[C@@H](C(=O)N[C@H](Cc1ccc2ccccc2c1)C(N)=O)c1ccccc1. The lowest BCUT2D eigenvalue weighted by atomic mass is 10.0. The van der Waals surface area contributed by atoms with Crippen molar-refractivity contribution in [3.63, 3.8) is 0 Å². The first-order chi connectivity index (χ1) is 13.1. The van der Waals surface area contributed by atoms with Crippen molar-refractivity contribution < 1.29 is 14.3 Å². The molecule has 0 saturated heterocycles. The number of rotatable bonds is 7. The Morgan fingerprint density at radius 2 is 1.63 bits per heavy atom. The Morgan fingerprint density at radius 3 is 2.30 bits per heavy atom. The number of hydrogen-bond acceptors (Lipinski definition) is 3. The van der Waals surface area contributed by atoms with Crippen LogP contribution in [0.2, 0.25) is 0 Å². The summed E-state index contributed by atoms with van der Waals surface area (Å²) in [5, 5.41) is 4.91. The first kappa shape index (κ1) is 18.6. The zero-order chi connectivity index (χ0) is 19.2. The van der Waals surface area contributed by atoms with E-state index in [9.17, 15) is 9.59 Å². The summed E-state index contributed by atoms with van der Waals surface area (Å²) in [5.41, 5.74) is 7.17. The quantitative estimate of drug-likeness (QED) is 0.678. The summed E-state index contributed by atoms with van der Waals surface area (Å²) in [6, 6.07) is 22.2. The van der Waals surface area contributed by atoms with Crippen LogP contribution in [0.3, 0.4) is 0 Å². The summed E-state index contributed by atoms with van der Waals surface area (Å²) >= 11 is 0. The molecule has 0 fully saturated rings. The van der Waals surface area contributed by atoms with E-state index >= 15 is 0 Å². The van der Waals surface area contributed by atoms with Crippen molar-refractivity contribution in [2.45, 2.75) is 18.6 Å². The summed E-state index contributed by atoms with van der Waals surface area (Å²) in [4.78, 5) is 24.6. The van der Waals surface area contributed by atoms with Crippen LogP contribution in [0.25, 0.3) is 10.8 Å². The first-order valence-electron chi connectivity index (χ1n) is 8.73. The molecular weight excluding hydrogens is 340 g/mol. The Morgan fingerprint density at radius 1 is 0.963 bits per heavy atom. The predicted molar refractivity (Wildman–Crippen MR) is 105 cm³/mol. The monoisotopic (exact) mass is 362 g/mol. The summed E-state index contributed by atoms with van der Waals surface area (Å²) < 4.78 is 5.32. The van der Waals surface area contributed by atoms with Gasteiger partial charge in [-0.15, -0.1) is 0 Å². The van der Waals surface area contributed by atoms with E-state index < -0.39 is 24.0 Å². The van der Waals surface area contributed by atoms with Gasteiger partial charge in [-0.25, -0.2) is 0 Å². The van der Waals surface area contributed by atoms with Crippen LogP contribution < -0.4 is 11.1 Å². The summed E-state index contributed by atoms with van der Waals surface area (Å²) in [6.45, 7) is 0. The van der Waals surface area contributed by atoms with Crippen molar-refractivity contribution in [3.8, 4) is 0 Å². The molecule has 0 unspecified atom stereocenters. The number of fused-ring (bicyclic) bond motifs is 1. The molecule has 0 radical (unpaired) electrons. The van der Waals surface area contributed by atoms with Gasteiger partial charge in [-0.3, -0.25) is 9.59 Å². The lowest BCUT2D eigenvalue weighted by molar-refractivity contribution is -0.134. The van der Waals surface area contributed by atoms with Gasteiger partial charge in [0, 0.05) is 13.5 Å². The highest BCUT2D eigenvalue weighted by Crippen LogP contribution is 2.19. The molecule has 0 spiro atoms. The van der Waals surface area contributed by atoms with Crippen molar-refractivity contribution in [3.05, 3.63) is 83.9 Å². The number of benzene rings is 3. The van der Waals surface area contributed by atoms with E-state index in [1.165, 1.54) is 7.11 Å². The number of hydrogen-bond donors (Lipinski definition) is 2. The number of carbonyl (C=O) groups is 2. The second-order valence-electron chi connectivity index (χ2n) is 6.38. The third kappa shape index (κ3) is 4.51. The minimum Gasteiger partial charge on any atom is -0.368 e. The largest absolute Gasteiger partial charge is 0.368 e. The highest BCUT2D eigenvalue weighted by atomic mass is 16.5. The van der Waals surface area contributed by atoms with Crippen LogP contribution in [0.4, 0.5) is 0 Å². The minimum atomic E-state index is -0.819. The number of nitrogens with one attached hydrogen (secondary N) is 1. The Labute approximate surface area is 158 Å². The van der Waals surface area contributed by atoms with E-state index in [4.69, 9.17) is 10.5 Å². The topological polar surface area (TPSA) is 81.4 Å². The maximum absolute atomic E-state index is 12.6. The van der Waals surface area contributed by atoms with Crippen LogP contribution in [0.15, 0.2) is 72.8 Å². The molecule has 27 heavy (non-hydrogen) atoms. The van der Waals surface area contributed by atoms with E-state index in [1.807, 2.05) is 60.7 Å². The maximum atomic E-state index is 12.6. The Kier molecular flexibility index (Phi) is 5.84. The van der Waals surface area contributed by atoms with Crippen molar-refractivity contribution in [2.75, 3.05) is 7.11 Å². The predicted octanol–water partition coefficient (Wildman–Crippen LogP) is 2.74. The van der Waals surface area contributed by atoms with Crippen LogP contribution in [0, 0.1) is 0 Å². The molecule has 0 saturated carbocycles. The third-order valence-corrected chi connectivity index (χ3v) is 4.49. The normalized spacial score (nSPS) is 13.1. The van der Waals surface area contributed by atoms with Gasteiger partial charge in [-0.1, -0.05) is 72.8 Å². The van der Waals surface area contributed by atoms with Crippen LogP contribution in [-0.4, -0.2) is 25.0 Å². The van der Waals surface area contributed by atoms with Crippen molar-refractivity contribution in [1.82, 2.24) is 5.32 Å². The molecule has 3 rings (SSSR count). The summed E-state index contributed by atoms with van der Waals surface area (Å²) in [7, 11) is 1.46. The Hall–Kier alpha value is -3.18. The molecule has 5 heteroatoms. The third-order valence-electron chi connectivity index (χ3n) is 4.49. The van der Waals surface area contributed by atoms with Gasteiger partial charge in [0.05, 0.1) is 0 Å². The zero-order valence-corrected chi connectivity index (χ0v) is 15.1. The summed E-state index contributed by atoms with van der Waals surface area (Å²) in [6.07, 6.45) is -0.485. The first-order valence-corrected chi connectivity index (χ1v) is 8.73. The molecule has 3 aromatic carbocycles. The number of ether oxygens (including phenoxy) is 1. The molecule has 0 aliphatic carbocycles. The van der Waals surface area contributed by atoms with Crippen molar-refractivity contribution in [1.29, 1.82) is 0 Å². The molecule has 5 nitrogen and oxygen atoms in total.